The van der Waals surface area contributed by atoms with Gasteiger partial charge in [-0.15, -0.1) is 11.3 Å². The van der Waals surface area contributed by atoms with Crippen LogP contribution in [0.25, 0.3) is 43.3 Å². The van der Waals surface area contributed by atoms with E-state index in [1.165, 1.54) is 0 Å². The maximum atomic E-state index is 13.4. The number of pyridine rings is 1. The molecule has 7 rings (SSSR count). The number of para-hydroxylation sites is 1. The van der Waals surface area contributed by atoms with Gasteiger partial charge in [0.1, 0.15) is 10.7 Å². The third kappa shape index (κ3) is 3.16. The zero-order valence-electron chi connectivity index (χ0n) is 18.9. The van der Waals surface area contributed by atoms with Crippen molar-refractivity contribution in [2.45, 2.75) is 0 Å². The summed E-state index contributed by atoms with van der Waals surface area (Å²) >= 11 is 1.56. The minimum atomic E-state index is -0.261. The van der Waals surface area contributed by atoms with Crippen molar-refractivity contribution >= 4 is 50.1 Å². The van der Waals surface area contributed by atoms with Gasteiger partial charge in [-0.2, -0.15) is 0 Å². The fraction of sp³-hybridized carbons (Fsp3) is 0. The SMILES string of the molecule is O=C1C(=Cc2nc3sc(-c4cccnc4)cc3n2-c2ccccc2)C(=O)c2cc3ccccc3cc21. The van der Waals surface area contributed by atoms with Crippen molar-refractivity contribution in [3.05, 3.63) is 120 Å². The Bertz CT molecular complexity index is 1810. The Morgan fingerprint density at radius 2 is 1.47 bits per heavy atom. The highest BCUT2D eigenvalue weighted by atomic mass is 32.1. The van der Waals surface area contributed by atoms with E-state index < -0.39 is 0 Å². The van der Waals surface area contributed by atoms with Crippen LogP contribution in [-0.2, 0) is 0 Å². The Morgan fingerprint density at radius 1 is 0.778 bits per heavy atom. The second-order valence-corrected chi connectivity index (χ2v) is 9.68. The van der Waals surface area contributed by atoms with Gasteiger partial charge in [-0.25, -0.2) is 4.98 Å². The van der Waals surface area contributed by atoms with Crippen molar-refractivity contribution < 1.29 is 9.59 Å². The minimum absolute atomic E-state index is 0.141. The molecule has 0 radical (unpaired) electrons. The number of imidazole rings is 1. The van der Waals surface area contributed by atoms with Crippen molar-refractivity contribution in [1.82, 2.24) is 14.5 Å². The number of rotatable bonds is 3. The van der Waals surface area contributed by atoms with Gasteiger partial charge in [-0.1, -0.05) is 48.5 Å². The van der Waals surface area contributed by atoms with E-state index in [0.717, 1.165) is 37.2 Å². The number of allylic oxidation sites excluding steroid dienone is 1. The molecule has 5 nitrogen and oxygen atoms in total. The van der Waals surface area contributed by atoms with E-state index in [0.29, 0.717) is 17.0 Å². The quantitative estimate of drug-likeness (QED) is 0.206. The molecule has 0 fully saturated rings. The van der Waals surface area contributed by atoms with Crippen LogP contribution in [0.5, 0.6) is 0 Å². The Kier molecular flexibility index (Phi) is 4.56. The fourth-order valence-corrected chi connectivity index (χ4v) is 5.77. The molecule has 0 saturated heterocycles. The number of aromatic nitrogens is 3. The van der Waals surface area contributed by atoms with Gasteiger partial charge in [0, 0.05) is 39.6 Å². The van der Waals surface area contributed by atoms with Crippen LogP contribution >= 0.6 is 11.3 Å². The van der Waals surface area contributed by atoms with Crippen molar-refractivity contribution in [1.29, 1.82) is 0 Å². The summed E-state index contributed by atoms with van der Waals surface area (Å²) in [5, 5.41) is 1.88. The lowest BCUT2D eigenvalue weighted by molar-refractivity contribution is 0.0990. The van der Waals surface area contributed by atoms with Crippen molar-refractivity contribution in [3.8, 4) is 16.1 Å². The van der Waals surface area contributed by atoms with Gasteiger partial charge >= 0.3 is 0 Å². The number of carbonyl (C=O) groups excluding carboxylic acids is 2. The van der Waals surface area contributed by atoms with Crippen LogP contribution < -0.4 is 0 Å². The predicted molar refractivity (Wildman–Crippen MR) is 143 cm³/mol. The molecule has 0 N–H and O–H groups in total. The molecular weight excluding hydrogens is 466 g/mol. The maximum Gasteiger partial charge on any atom is 0.197 e. The summed E-state index contributed by atoms with van der Waals surface area (Å²) in [6.07, 6.45) is 5.22. The monoisotopic (exact) mass is 483 g/mol. The molecule has 0 aliphatic heterocycles. The van der Waals surface area contributed by atoms with E-state index in [1.54, 1.807) is 23.6 Å². The minimum Gasteiger partial charge on any atom is -0.292 e. The number of Topliss-reactive ketones (excluding diaryl/α,β-unsaturated/α-hetero) is 2. The van der Waals surface area contributed by atoms with Gasteiger partial charge in [0.15, 0.2) is 11.6 Å². The summed E-state index contributed by atoms with van der Waals surface area (Å²) in [6, 6.07) is 27.2. The Balaban J connectivity index is 1.40. The summed E-state index contributed by atoms with van der Waals surface area (Å²) in [5.41, 5.74) is 3.87. The van der Waals surface area contributed by atoms with Gasteiger partial charge in [0.25, 0.3) is 0 Å². The number of nitrogens with zero attached hydrogens (tertiary/aromatic N) is 3. The van der Waals surface area contributed by atoms with E-state index in [1.807, 2.05) is 89.6 Å². The molecule has 0 atom stereocenters. The maximum absolute atomic E-state index is 13.4. The van der Waals surface area contributed by atoms with Crippen molar-refractivity contribution in [2.24, 2.45) is 0 Å². The fourth-order valence-electron chi connectivity index (χ4n) is 4.76. The number of thiophene rings is 1. The molecule has 170 valence electrons. The zero-order chi connectivity index (χ0) is 24.2. The first-order valence-electron chi connectivity index (χ1n) is 11.5. The normalized spacial score (nSPS) is 13.1. The molecule has 0 unspecified atom stereocenters. The molecule has 3 aromatic heterocycles. The van der Waals surface area contributed by atoms with Crippen LogP contribution in [0.2, 0.25) is 0 Å². The Morgan fingerprint density at radius 3 is 2.14 bits per heavy atom. The zero-order valence-corrected chi connectivity index (χ0v) is 19.7. The molecule has 6 heteroatoms. The van der Waals surface area contributed by atoms with E-state index in [-0.39, 0.29) is 17.1 Å². The highest BCUT2D eigenvalue weighted by Crippen LogP contribution is 2.37. The topological polar surface area (TPSA) is 64.8 Å². The lowest BCUT2D eigenvalue weighted by atomic mass is 10.0. The molecule has 3 aromatic carbocycles. The lowest BCUT2D eigenvalue weighted by Crippen LogP contribution is -2.03. The summed E-state index contributed by atoms with van der Waals surface area (Å²) in [4.78, 5) is 37.7. The van der Waals surface area contributed by atoms with Gasteiger partial charge in [-0.3, -0.25) is 19.1 Å². The second-order valence-electron chi connectivity index (χ2n) is 8.64. The molecule has 6 aromatic rings. The largest absolute Gasteiger partial charge is 0.292 e. The van der Waals surface area contributed by atoms with Gasteiger partial charge in [0.05, 0.1) is 11.1 Å². The smallest absolute Gasteiger partial charge is 0.197 e. The number of hydrogen-bond acceptors (Lipinski definition) is 5. The van der Waals surface area contributed by atoms with Crippen LogP contribution in [0.3, 0.4) is 0 Å². The molecule has 0 bridgehead atoms. The van der Waals surface area contributed by atoms with E-state index in [2.05, 4.69) is 11.1 Å². The van der Waals surface area contributed by atoms with E-state index in [9.17, 15) is 9.59 Å². The molecule has 3 heterocycles. The molecule has 0 amide bonds. The molecule has 1 aliphatic rings. The third-order valence-electron chi connectivity index (χ3n) is 6.48. The second kappa shape index (κ2) is 7.93. The summed E-state index contributed by atoms with van der Waals surface area (Å²) in [6.45, 7) is 0. The Labute approximate surface area is 210 Å². The first kappa shape index (κ1) is 20.7. The summed E-state index contributed by atoms with van der Waals surface area (Å²) in [5.74, 6) is 0.0276. The average molecular weight is 484 g/mol. The van der Waals surface area contributed by atoms with Gasteiger partial charge in [-0.05, 0) is 53.2 Å². The highest BCUT2D eigenvalue weighted by molar-refractivity contribution is 7.21. The van der Waals surface area contributed by atoms with Crippen LogP contribution in [0, 0.1) is 0 Å². The molecule has 0 spiro atoms. The van der Waals surface area contributed by atoms with Gasteiger partial charge in [0.2, 0.25) is 0 Å². The summed E-state index contributed by atoms with van der Waals surface area (Å²) in [7, 11) is 0. The first-order chi connectivity index (χ1) is 17.7. The summed E-state index contributed by atoms with van der Waals surface area (Å²) < 4.78 is 2.00. The van der Waals surface area contributed by atoms with Gasteiger partial charge < -0.3 is 0 Å². The van der Waals surface area contributed by atoms with Crippen molar-refractivity contribution in [3.63, 3.8) is 0 Å². The average Bonchev–Trinajstić information content (AvgIpc) is 3.55. The lowest BCUT2D eigenvalue weighted by Gasteiger charge is -2.07. The van der Waals surface area contributed by atoms with Crippen LogP contribution in [0.1, 0.15) is 26.5 Å². The molecule has 0 saturated carbocycles. The molecular formula is C30H17N3O2S. The number of ketones is 2. The molecule has 1 aliphatic carbocycles. The predicted octanol–water partition coefficient (Wildman–Crippen LogP) is 6.76. The molecule has 36 heavy (non-hydrogen) atoms. The van der Waals surface area contributed by atoms with Crippen LogP contribution in [0.4, 0.5) is 0 Å². The van der Waals surface area contributed by atoms with E-state index >= 15 is 0 Å². The highest BCUT2D eigenvalue weighted by Gasteiger charge is 2.34. The van der Waals surface area contributed by atoms with Crippen LogP contribution in [0.15, 0.2) is 103 Å². The number of benzene rings is 3. The number of carbonyl (C=O) groups is 2. The van der Waals surface area contributed by atoms with E-state index in [4.69, 9.17) is 4.98 Å². The van der Waals surface area contributed by atoms with Crippen LogP contribution in [-0.4, -0.2) is 26.1 Å². The number of hydrogen-bond donors (Lipinski definition) is 0. The third-order valence-corrected chi connectivity index (χ3v) is 7.55. The Hall–Kier alpha value is -4.68. The first-order valence-corrected chi connectivity index (χ1v) is 12.3. The number of fused-ring (bicyclic) bond motifs is 3. The standard InChI is InChI=1S/C30H17N3O2S/c34-28-22-13-18-7-4-5-8-19(18)14-23(22)29(35)24(28)15-27-32-30-25(33(27)21-10-2-1-3-11-21)16-26(36-30)20-9-6-12-31-17-20/h1-17H. The van der Waals surface area contributed by atoms with Crippen molar-refractivity contribution in [2.75, 3.05) is 0 Å².